The van der Waals surface area contributed by atoms with Gasteiger partial charge in [0.05, 0.1) is 19.1 Å². The van der Waals surface area contributed by atoms with Crippen molar-refractivity contribution in [3.63, 3.8) is 0 Å². The van der Waals surface area contributed by atoms with Gasteiger partial charge in [0.25, 0.3) is 5.91 Å². The molecule has 0 spiro atoms. The third-order valence-electron chi connectivity index (χ3n) is 5.61. The van der Waals surface area contributed by atoms with Crippen molar-refractivity contribution in [2.24, 2.45) is 5.92 Å². The number of rotatable bonds is 7. The van der Waals surface area contributed by atoms with Crippen LogP contribution in [-0.2, 0) is 6.42 Å². The van der Waals surface area contributed by atoms with Gasteiger partial charge in [0, 0.05) is 24.5 Å². The maximum atomic E-state index is 12.9. The third-order valence-corrected chi connectivity index (χ3v) is 7.49. The molecule has 0 unspecified atom stereocenters. The van der Waals surface area contributed by atoms with E-state index in [1.54, 1.807) is 36.9 Å². The van der Waals surface area contributed by atoms with Crippen molar-refractivity contribution in [1.29, 1.82) is 0 Å². The van der Waals surface area contributed by atoms with Gasteiger partial charge < -0.3 is 14.4 Å². The molecule has 4 rings (SSSR count). The first-order chi connectivity index (χ1) is 14.7. The SMILES string of the molecule is COc1cc(CCC2CCN(C(=O)c3csc(-c4cccs4)n3)CC2)cc(OC)c1. The Kier molecular flexibility index (Phi) is 6.69. The number of carbonyl (C=O) groups excluding carboxylic acids is 1. The van der Waals surface area contributed by atoms with Crippen molar-refractivity contribution in [3.05, 3.63) is 52.3 Å². The highest BCUT2D eigenvalue weighted by atomic mass is 32.1. The molecule has 0 saturated carbocycles. The van der Waals surface area contributed by atoms with Crippen LogP contribution in [-0.4, -0.2) is 43.1 Å². The first-order valence-corrected chi connectivity index (χ1v) is 11.9. The Bertz CT molecular complexity index is 954. The zero-order valence-electron chi connectivity index (χ0n) is 17.3. The van der Waals surface area contributed by atoms with Crippen LogP contribution >= 0.6 is 22.7 Å². The van der Waals surface area contributed by atoms with Gasteiger partial charge in [-0.3, -0.25) is 4.79 Å². The number of benzene rings is 1. The molecule has 0 radical (unpaired) electrons. The molecule has 1 aliphatic rings. The highest BCUT2D eigenvalue weighted by Crippen LogP contribution is 2.30. The number of hydrogen-bond acceptors (Lipinski definition) is 6. The molecular formula is C23H26N2O3S2. The number of thiazole rings is 1. The van der Waals surface area contributed by atoms with Crippen molar-refractivity contribution in [3.8, 4) is 21.4 Å². The Morgan fingerprint density at radius 2 is 1.87 bits per heavy atom. The summed E-state index contributed by atoms with van der Waals surface area (Å²) in [7, 11) is 3.36. The number of amides is 1. The second kappa shape index (κ2) is 9.62. The van der Waals surface area contributed by atoms with Gasteiger partial charge >= 0.3 is 0 Å². The maximum Gasteiger partial charge on any atom is 0.273 e. The number of aryl methyl sites for hydroxylation is 1. The standard InChI is InChI=1S/C23H26N2O3S2/c1-27-18-12-17(13-19(14-18)28-2)6-5-16-7-9-25(10-8-16)23(26)20-15-30-22(24-20)21-4-3-11-29-21/h3-4,11-16H,5-10H2,1-2H3. The second-order valence-electron chi connectivity index (χ2n) is 7.51. The van der Waals surface area contributed by atoms with E-state index < -0.39 is 0 Å². The van der Waals surface area contributed by atoms with Crippen LogP contribution < -0.4 is 9.47 Å². The van der Waals surface area contributed by atoms with Crippen molar-refractivity contribution >= 4 is 28.6 Å². The molecule has 0 atom stereocenters. The van der Waals surface area contributed by atoms with E-state index in [4.69, 9.17) is 9.47 Å². The summed E-state index contributed by atoms with van der Waals surface area (Å²) in [5.41, 5.74) is 1.80. The summed E-state index contributed by atoms with van der Waals surface area (Å²) >= 11 is 3.20. The van der Waals surface area contributed by atoms with E-state index >= 15 is 0 Å². The Labute approximate surface area is 185 Å². The average Bonchev–Trinajstić information content (AvgIpc) is 3.49. The molecule has 7 heteroatoms. The molecule has 1 fully saturated rings. The lowest BCUT2D eigenvalue weighted by molar-refractivity contribution is 0.0682. The molecular weight excluding hydrogens is 416 g/mol. The Morgan fingerprint density at radius 1 is 1.13 bits per heavy atom. The highest BCUT2D eigenvalue weighted by molar-refractivity contribution is 7.20. The van der Waals surface area contributed by atoms with Crippen LogP contribution in [0.1, 0.15) is 35.3 Å². The number of likely N-dealkylation sites (tertiary alicyclic amines) is 1. The fraction of sp³-hybridized carbons (Fsp3) is 0.391. The molecule has 0 bridgehead atoms. The van der Waals surface area contributed by atoms with E-state index in [0.717, 1.165) is 60.2 Å². The minimum atomic E-state index is 0.0602. The molecule has 158 valence electrons. The predicted octanol–water partition coefficient (Wildman–Crippen LogP) is 5.37. The number of piperidine rings is 1. The number of nitrogens with zero attached hydrogens (tertiary/aromatic N) is 2. The summed E-state index contributed by atoms with van der Waals surface area (Å²) < 4.78 is 10.7. The summed E-state index contributed by atoms with van der Waals surface area (Å²) in [6, 6.07) is 10.1. The summed E-state index contributed by atoms with van der Waals surface area (Å²) in [6.07, 6.45) is 4.17. The quantitative estimate of drug-likeness (QED) is 0.493. The molecule has 1 aromatic carbocycles. The number of hydrogen-bond donors (Lipinski definition) is 0. The van der Waals surface area contributed by atoms with Gasteiger partial charge in [-0.1, -0.05) is 6.07 Å². The second-order valence-corrected chi connectivity index (χ2v) is 9.32. The van der Waals surface area contributed by atoms with E-state index in [1.807, 2.05) is 33.9 Å². The Morgan fingerprint density at radius 3 is 2.50 bits per heavy atom. The Hall–Kier alpha value is -2.38. The maximum absolute atomic E-state index is 12.9. The number of ether oxygens (including phenoxy) is 2. The lowest BCUT2D eigenvalue weighted by Gasteiger charge is -2.31. The normalized spacial score (nSPS) is 14.7. The lowest BCUT2D eigenvalue weighted by atomic mass is 9.90. The molecule has 1 aliphatic heterocycles. The molecule has 30 heavy (non-hydrogen) atoms. The Balaban J connectivity index is 1.29. The van der Waals surface area contributed by atoms with Gasteiger partial charge in [0.15, 0.2) is 0 Å². The zero-order valence-corrected chi connectivity index (χ0v) is 18.9. The first kappa shape index (κ1) is 20.9. The summed E-state index contributed by atoms with van der Waals surface area (Å²) in [5.74, 6) is 2.35. The first-order valence-electron chi connectivity index (χ1n) is 10.2. The summed E-state index contributed by atoms with van der Waals surface area (Å²) in [6.45, 7) is 1.60. The minimum absolute atomic E-state index is 0.0602. The zero-order chi connectivity index (χ0) is 20.9. The van der Waals surface area contributed by atoms with E-state index in [-0.39, 0.29) is 5.91 Å². The average molecular weight is 443 g/mol. The molecule has 3 heterocycles. The monoisotopic (exact) mass is 442 g/mol. The van der Waals surface area contributed by atoms with Crippen LogP contribution in [0.3, 0.4) is 0 Å². The third kappa shape index (κ3) is 4.84. The van der Waals surface area contributed by atoms with Gasteiger partial charge in [-0.2, -0.15) is 0 Å². The molecule has 3 aromatic rings. The number of aromatic nitrogens is 1. The smallest absolute Gasteiger partial charge is 0.273 e. The van der Waals surface area contributed by atoms with E-state index in [1.165, 1.54) is 5.56 Å². The van der Waals surface area contributed by atoms with Crippen LogP contribution in [0.4, 0.5) is 0 Å². The van der Waals surface area contributed by atoms with E-state index in [0.29, 0.717) is 11.6 Å². The topological polar surface area (TPSA) is 51.7 Å². The van der Waals surface area contributed by atoms with Crippen LogP contribution in [0.2, 0.25) is 0 Å². The van der Waals surface area contributed by atoms with Crippen molar-refractivity contribution in [2.75, 3.05) is 27.3 Å². The number of methoxy groups -OCH3 is 2. The van der Waals surface area contributed by atoms with Gasteiger partial charge in [-0.15, -0.1) is 22.7 Å². The fourth-order valence-electron chi connectivity index (χ4n) is 3.85. The summed E-state index contributed by atoms with van der Waals surface area (Å²) in [5, 5.41) is 4.85. The fourth-order valence-corrected chi connectivity index (χ4v) is 5.46. The summed E-state index contributed by atoms with van der Waals surface area (Å²) in [4.78, 5) is 20.5. The van der Waals surface area contributed by atoms with Gasteiger partial charge in [0.2, 0.25) is 0 Å². The molecule has 1 amide bonds. The largest absolute Gasteiger partial charge is 0.497 e. The molecule has 0 aliphatic carbocycles. The van der Waals surface area contributed by atoms with E-state index in [2.05, 4.69) is 17.1 Å². The van der Waals surface area contributed by atoms with Crippen molar-refractivity contribution < 1.29 is 14.3 Å². The van der Waals surface area contributed by atoms with Crippen molar-refractivity contribution in [1.82, 2.24) is 9.88 Å². The number of carbonyl (C=O) groups is 1. The number of thiophene rings is 1. The van der Waals surface area contributed by atoms with Gasteiger partial charge in [-0.05, 0) is 60.7 Å². The predicted molar refractivity (Wildman–Crippen MR) is 122 cm³/mol. The lowest BCUT2D eigenvalue weighted by Crippen LogP contribution is -2.38. The molecule has 1 saturated heterocycles. The van der Waals surface area contributed by atoms with Crippen molar-refractivity contribution in [2.45, 2.75) is 25.7 Å². The highest BCUT2D eigenvalue weighted by Gasteiger charge is 2.25. The van der Waals surface area contributed by atoms with Crippen LogP contribution in [0, 0.1) is 5.92 Å². The minimum Gasteiger partial charge on any atom is -0.497 e. The van der Waals surface area contributed by atoms with Crippen LogP contribution in [0.25, 0.3) is 9.88 Å². The van der Waals surface area contributed by atoms with Gasteiger partial charge in [-0.25, -0.2) is 4.98 Å². The van der Waals surface area contributed by atoms with E-state index in [9.17, 15) is 4.79 Å². The molecule has 2 aromatic heterocycles. The van der Waals surface area contributed by atoms with Crippen LogP contribution in [0.5, 0.6) is 11.5 Å². The molecule has 5 nitrogen and oxygen atoms in total. The van der Waals surface area contributed by atoms with Gasteiger partial charge in [0.1, 0.15) is 22.2 Å². The molecule has 0 N–H and O–H groups in total. The van der Waals surface area contributed by atoms with Crippen LogP contribution in [0.15, 0.2) is 41.1 Å².